The van der Waals surface area contributed by atoms with Crippen LogP contribution in [0.5, 0.6) is 11.5 Å². The number of carbonyl (C=O) groups excluding carboxylic acids is 3. The molecule has 3 aromatic carbocycles. The first-order valence-electron chi connectivity index (χ1n) is 17.3. The fourth-order valence-corrected chi connectivity index (χ4v) is 5.55. The molecule has 0 amide bonds. The number of allylic oxidation sites excluding steroid dienone is 1. The van der Waals surface area contributed by atoms with Gasteiger partial charge in [0.25, 0.3) is 12.2 Å². The van der Waals surface area contributed by atoms with Crippen LogP contribution in [0, 0.1) is 21.4 Å². The molecule has 0 fully saturated rings. The molecule has 0 radical (unpaired) electrons. The SMILES string of the molecule is CCOC(=O)CCc1cc(OC2=C([N+](=O)[O-])C(CC(=O)OCC)=NC(Oc3cc(C#N)ccc3C(=O)OCc3ccccc3)N2N)cc(C2NC=CCN2)c1. The first-order valence-corrected chi connectivity index (χ1v) is 17.3. The fraction of sp³-hybridized carbons (Fsp3) is 0.289. The third-order valence-electron chi connectivity index (χ3n) is 8.07. The summed E-state index contributed by atoms with van der Waals surface area (Å²) in [5, 5.41) is 29.5. The van der Waals surface area contributed by atoms with Crippen molar-refractivity contribution >= 4 is 23.6 Å². The van der Waals surface area contributed by atoms with E-state index in [-0.39, 0.29) is 61.5 Å². The summed E-state index contributed by atoms with van der Waals surface area (Å²) >= 11 is 0. The smallest absolute Gasteiger partial charge is 0.352 e. The molecule has 0 saturated carbocycles. The standard InChI is InChI=1S/C38H39N7O10/c1-3-51-32(46)14-12-25-17-27(35-41-15-8-16-42-35)20-28(18-25)54-36-34(45(49)50)30(21-33(47)52-4-2)43-38(44(36)40)55-31-19-26(22-39)11-13-29(31)37(48)53-23-24-9-6-5-7-10-24/h5-11,13,15,17-20,35,38,41-42H,3-4,12,14,16,21,23,40H2,1-2H3. The van der Waals surface area contributed by atoms with Gasteiger partial charge in [0.1, 0.15) is 35.5 Å². The van der Waals surface area contributed by atoms with Gasteiger partial charge in [0.05, 0.1) is 36.2 Å². The van der Waals surface area contributed by atoms with Gasteiger partial charge in [-0.25, -0.2) is 20.6 Å². The van der Waals surface area contributed by atoms with Crippen molar-refractivity contribution in [2.45, 2.75) is 52.2 Å². The number of nitriles is 1. The summed E-state index contributed by atoms with van der Waals surface area (Å²) in [6.45, 7) is 3.97. The summed E-state index contributed by atoms with van der Waals surface area (Å²) in [5.41, 5.74) is 0.893. The van der Waals surface area contributed by atoms with E-state index in [9.17, 15) is 29.8 Å². The minimum atomic E-state index is -1.67. The van der Waals surface area contributed by atoms with Crippen LogP contribution < -0.4 is 25.9 Å². The van der Waals surface area contributed by atoms with Gasteiger partial charge in [0, 0.05) is 13.0 Å². The van der Waals surface area contributed by atoms with Crippen LogP contribution >= 0.6 is 0 Å². The lowest BCUT2D eigenvalue weighted by Gasteiger charge is -2.31. The minimum Gasteiger partial charge on any atom is -0.466 e. The van der Waals surface area contributed by atoms with Crippen molar-refractivity contribution in [3.63, 3.8) is 0 Å². The van der Waals surface area contributed by atoms with Crippen molar-refractivity contribution in [2.24, 2.45) is 10.8 Å². The fourth-order valence-electron chi connectivity index (χ4n) is 5.55. The normalized spacial score (nSPS) is 16.3. The quantitative estimate of drug-likeness (QED) is 0.0620. The molecule has 0 aliphatic carbocycles. The van der Waals surface area contributed by atoms with E-state index in [1.165, 1.54) is 18.2 Å². The number of nitro groups is 1. The second-order valence-corrected chi connectivity index (χ2v) is 11.9. The lowest BCUT2D eigenvalue weighted by molar-refractivity contribution is -0.420. The van der Waals surface area contributed by atoms with Crippen LogP contribution in [0.15, 0.2) is 95.6 Å². The Labute approximate surface area is 316 Å². The predicted octanol–water partition coefficient (Wildman–Crippen LogP) is 3.89. The number of aryl methyl sites for hydroxylation is 1. The van der Waals surface area contributed by atoms with Crippen molar-refractivity contribution in [1.82, 2.24) is 15.6 Å². The van der Waals surface area contributed by atoms with Gasteiger partial charge < -0.3 is 29.0 Å². The molecule has 5 rings (SSSR count). The number of hydrazine groups is 1. The van der Waals surface area contributed by atoms with E-state index in [1.807, 2.05) is 24.3 Å². The molecule has 2 heterocycles. The molecule has 17 nitrogen and oxygen atoms in total. The second-order valence-electron chi connectivity index (χ2n) is 11.9. The average Bonchev–Trinajstić information content (AvgIpc) is 3.18. The van der Waals surface area contributed by atoms with Gasteiger partial charge in [-0.1, -0.05) is 42.5 Å². The molecule has 0 aromatic heterocycles. The Kier molecular flexibility index (Phi) is 13.5. The lowest BCUT2D eigenvalue weighted by Crippen LogP contribution is -2.49. The van der Waals surface area contributed by atoms with E-state index in [0.717, 1.165) is 10.6 Å². The Morgan fingerprint density at radius 1 is 1.02 bits per heavy atom. The number of nitrogens with one attached hydrogen (secondary N) is 2. The van der Waals surface area contributed by atoms with Crippen LogP contribution in [0.3, 0.4) is 0 Å². The molecule has 0 bridgehead atoms. The Balaban J connectivity index is 1.53. The molecule has 55 heavy (non-hydrogen) atoms. The highest BCUT2D eigenvalue weighted by atomic mass is 16.6. The molecular formula is C38H39N7O10. The zero-order valence-corrected chi connectivity index (χ0v) is 30.1. The van der Waals surface area contributed by atoms with Crippen molar-refractivity contribution < 1.29 is 43.0 Å². The number of esters is 3. The summed E-state index contributed by atoms with van der Waals surface area (Å²) < 4.78 is 28.0. The summed E-state index contributed by atoms with van der Waals surface area (Å²) in [7, 11) is 0. The van der Waals surface area contributed by atoms with E-state index >= 15 is 0 Å². The number of benzene rings is 3. The summed E-state index contributed by atoms with van der Waals surface area (Å²) in [6, 6.07) is 20.0. The second kappa shape index (κ2) is 18.8. The highest BCUT2D eigenvalue weighted by Crippen LogP contribution is 2.31. The molecule has 4 N–H and O–H groups in total. The first kappa shape index (κ1) is 39.4. The monoisotopic (exact) mass is 753 g/mol. The number of nitrogens with two attached hydrogens (primary N) is 1. The topological polar surface area (TPSA) is 230 Å². The summed E-state index contributed by atoms with van der Waals surface area (Å²) in [6.07, 6.45) is 1.24. The van der Waals surface area contributed by atoms with Crippen molar-refractivity contribution in [3.8, 4) is 17.6 Å². The van der Waals surface area contributed by atoms with Gasteiger partial charge in [-0.3, -0.25) is 25.0 Å². The maximum Gasteiger partial charge on any atom is 0.352 e. The van der Waals surface area contributed by atoms with Crippen LogP contribution in [0.4, 0.5) is 0 Å². The zero-order valence-electron chi connectivity index (χ0n) is 30.1. The predicted molar refractivity (Wildman–Crippen MR) is 195 cm³/mol. The number of hydrogen-bond donors (Lipinski definition) is 3. The number of nitrogens with zero attached hydrogens (tertiary/aromatic N) is 4. The Hall–Kier alpha value is -6.77. The summed E-state index contributed by atoms with van der Waals surface area (Å²) in [4.78, 5) is 54.5. The summed E-state index contributed by atoms with van der Waals surface area (Å²) in [5.74, 6) is 3.80. The van der Waals surface area contributed by atoms with E-state index in [0.29, 0.717) is 17.7 Å². The van der Waals surface area contributed by atoms with Gasteiger partial charge in [0.2, 0.25) is 0 Å². The van der Waals surface area contributed by atoms with E-state index in [2.05, 4.69) is 15.6 Å². The first-order chi connectivity index (χ1) is 26.6. The number of carbonyl (C=O) groups is 3. The van der Waals surface area contributed by atoms with Gasteiger partial charge in [-0.15, -0.1) is 0 Å². The van der Waals surface area contributed by atoms with Crippen LogP contribution in [-0.4, -0.2) is 59.7 Å². The largest absolute Gasteiger partial charge is 0.466 e. The van der Waals surface area contributed by atoms with Crippen LogP contribution in [-0.2, 0) is 36.8 Å². The zero-order chi connectivity index (χ0) is 39.3. The number of hydrogen-bond acceptors (Lipinski definition) is 16. The molecule has 0 saturated heterocycles. The van der Waals surface area contributed by atoms with Crippen molar-refractivity contribution in [3.05, 3.63) is 129 Å². The van der Waals surface area contributed by atoms with Gasteiger partial charge in [0.15, 0.2) is 0 Å². The third-order valence-corrected chi connectivity index (χ3v) is 8.07. The van der Waals surface area contributed by atoms with Crippen molar-refractivity contribution in [2.75, 3.05) is 19.8 Å². The molecule has 3 aromatic rings. The third kappa shape index (κ3) is 10.4. The number of rotatable bonds is 16. The Bertz CT molecular complexity index is 2040. The maximum absolute atomic E-state index is 13.3. The molecule has 2 aliphatic rings. The Morgan fingerprint density at radius 3 is 2.47 bits per heavy atom. The van der Waals surface area contributed by atoms with Gasteiger partial charge in [-0.2, -0.15) is 5.26 Å². The van der Waals surface area contributed by atoms with Gasteiger partial charge in [-0.05, 0) is 73.5 Å². The minimum absolute atomic E-state index is 0.00881. The molecule has 2 unspecified atom stereocenters. The number of ether oxygens (including phenoxy) is 5. The van der Waals surface area contributed by atoms with Crippen LogP contribution in [0.1, 0.15) is 65.5 Å². The van der Waals surface area contributed by atoms with Gasteiger partial charge >= 0.3 is 23.6 Å². The Morgan fingerprint density at radius 2 is 1.78 bits per heavy atom. The molecule has 2 aliphatic heterocycles. The van der Waals surface area contributed by atoms with Crippen molar-refractivity contribution in [1.29, 1.82) is 5.26 Å². The molecule has 2 atom stereocenters. The molecule has 0 spiro atoms. The lowest BCUT2D eigenvalue weighted by atomic mass is 10.0. The highest BCUT2D eigenvalue weighted by Gasteiger charge is 2.41. The highest BCUT2D eigenvalue weighted by molar-refractivity contribution is 6.08. The molecule has 286 valence electrons. The molecular weight excluding hydrogens is 714 g/mol. The van der Waals surface area contributed by atoms with Crippen LogP contribution in [0.25, 0.3) is 0 Å². The van der Waals surface area contributed by atoms with E-state index in [4.69, 9.17) is 29.5 Å². The van der Waals surface area contributed by atoms with E-state index in [1.54, 1.807) is 56.4 Å². The van der Waals surface area contributed by atoms with E-state index < -0.39 is 52.9 Å². The average molecular weight is 754 g/mol. The number of aliphatic imine (C=N–C) groups is 1. The molecule has 17 heteroatoms. The van der Waals surface area contributed by atoms with Crippen LogP contribution in [0.2, 0.25) is 0 Å². The maximum atomic E-state index is 13.3.